The highest BCUT2D eigenvalue weighted by Gasteiger charge is 2.28. The molecule has 5 rings (SSSR count). The Kier molecular flexibility index (Phi) is 2.47. The summed E-state index contributed by atoms with van der Waals surface area (Å²) in [5.41, 5.74) is 4.17. The van der Waals surface area contributed by atoms with Crippen LogP contribution in [0.5, 0.6) is 0 Å². The smallest absolute Gasteiger partial charge is 0.207 e. The first kappa shape index (κ1) is 12.8. The number of benzene rings is 3. The Bertz CT molecular complexity index is 1120. The summed E-state index contributed by atoms with van der Waals surface area (Å²) in [6.45, 7) is 0. The van der Waals surface area contributed by atoms with Gasteiger partial charge in [-0.05, 0) is 32.3 Å². The maximum absolute atomic E-state index is 2.33. The maximum atomic E-state index is 2.33. The van der Waals surface area contributed by atoms with Crippen LogP contribution in [-0.2, 0) is 0 Å². The third kappa shape index (κ3) is 1.60. The molecule has 1 unspecified atom stereocenters. The minimum absolute atomic E-state index is 0.386. The summed E-state index contributed by atoms with van der Waals surface area (Å²) in [6, 6.07) is 13.4. The maximum Gasteiger partial charge on any atom is 0.207 e. The van der Waals surface area contributed by atoms with Crippen LogP contribution in [0.2, 0.25) is 0 Å². The summed E-state index contributed by atoms with van der Waals surface area (Å²) in [4.78, 5) is 0. The fraction of sp³-hybridized carbons (Fsp3) is 0.136. The zero-order valence-electron chi connectivity index (χ0n) is 13.4. The number of hydrogen-bond acceptors (Lipinski definition) is 0. The zero-order valence-corrected chi connectivity index (χ0v) is 13.4. The molecule has 1 heteroatoms. The van der Waals surface area contributed by atoms with Crippen molar-refractivity contribution in [3.8, 4) is 0 Å². The van der Waals surface area contributed by atoms with E-state index in [1.165, 1.54) is 43.6 Å². The van der Waals surface area contributed by atoms with Crippen molar-refractivity contribution in [2.75, 3.05) is 14.1 Å². The van der Waals surface area contributed by atoms with Crippen molar-refractivity contribution in [1.82, 2.24) is 0 Å². The van der Waals surface area contributed by atoms with Gasteiger partial charge in [0.25, 0.3) is 0 Å². The lowest BCUT2D eigenvalue weighted by Crippen LogP contribution is -2.27. The van der Waals surface area contributed by atoms with Crippen LogP contribution in [0.1, 0.15) is 17.0 Å². The standard InChI is InChI=1S/C22H18N/c1-23(2)19-13-12-15-8-4-10-17-16-9-3-6-14-7-5-11-18(20(14)16)22(19)21(15)17/h3-13,15H,1-2H3/q+1. The third-order valence-corrected chi connectivity index (χ3v) is 5.14. The van der Waals surface area contributed by atoms with E-state index < -0.39 is 0 Å². The first-order valence-corrected chi connectivity index (χ1v) is 8.14. The van der Waals surface area contributed by atoms with Crippen LogP contribution in [0.4, 0.5) is 0 Å². The molecule has 0 radical (unpaired) electrons. The second-order valence-corrected chi connectivity index (χ2v) is 6.63. The molecule has 0 heterocycles. The Balaban J connectivity index is 2.16. The monoisotopic (exact) mass is 296 g/mol. The van der Waals surface area contributed by atoms with Gasteiger partial charge in [0, 0.05) is 12.0 Å². The van der Waals surface area contributed by atoms with E-state index in [1.54, 1.807) is 0 Å². The number of fused-ring (bicyclic) bond motifs is 2. The van der Waals surface area contributed by atoms with Gasteiger partial charge in [-0.25, -0.2) is 4.58 Å². The van der Waals surface area contributed by atoms with Gasteiger partial charge in [-0.2, -0.15) is 0 Å². The van der Waals surface area contributed by atoms with Gasteiger partial charge in [-0.3, -0.25) is 0 Å². The van der Waals surface area contributed by atoms with E-state index in [2.05, 4.69) is 85.4 Å². The minimum atomic E-state index is 0.386. The summed E-state index contributed by atoms with van der Waals surface area (Å²) in [6.07, 6.45) is 11.4. The van der Waals surface area contributed by atoms with Gasteiger partial charge in [0.1, 0.15) is 14.1 Å². The molecule has 2 aliphatic carbocycles. The highest BCUT2D eigenvalue weighted by Crippen LogP contribution is 2.36. The van der Waals surface area contributed by atoms with Gasteiger partial charge in [0.05, 0.1) is 5.56 Å². The normalized spacial score (nSPS) is 18.3. The lowest BCUT2D eigenvalue weighted by atomic mass is 9.78. The van der Waals surface area contributed by atoms with Crippen molar-refractivity contribution in [2.45, 2.75) is 5.92 Å². The van der Waals surface area contributed by atoms with E-state index in [9.17, 15) is 0 Å². The fourth-order valence-electron chi connectivity index (χ4n) is 4.18. The second-order valence-electron chi connectivity index (χ2n) is 6.63. The van der Waals surface area contributed by atoms with Gasteiger partial charge in [-0.15, -0.1) is 0 Å². The van der Waals surface area contributed by atoms with Crippen LogP contribution in [-0.4, -0.2) is 24.4 Å². The zero-order chi connectivity index (χ0) is 15.6. The van der Waals surface area contributed by atoms with E-state index >= 15 is 0 Å². The molecule has 110 valence electrons. The molecular weight excluding hydrogens is 278 g/mol. The van der Waals surface area contributed by atoms with Gasteiger partial charge in [0.2, 0.25) is 5.71 Å². The Hall–Kier alpha value is -2.67. The van der Waals surface area contributed by atoms with Crippen LogP contribution in [0.25, 0.3) is 27.6 Å². The van der Waals surface area contributed by atoms with Gasteiger partial charge in [0.15, 0.2) is 0 Å². The average Bonchev–Trinajstić information content (AvgIpc) is 2.58. The Labute approximate surface area is 135 Å². The van der Waals surface area contributed by atoms with Crippen molar-refractivity contribution in [1.29, 1.82) is 0 Å². The largest absolute Gasteiger partial charge is 0.235 e. The number of hydrogen-bond donors (Lipinski definition) is 0. The minimum Gasteiger partial charge on any atom is -0.235 e. The van der Waals surface area contributed by atoms with Crippen molar-refractivity contribution < 1.29 is 4.58 Å². The Morgan fingerprint density at radius 1 is 0.913 bits per heavy atom. The first-order chi connectivity index (χ1) is 11.3. The SMILES string of the molecule is C[N+](C)=C1C=CC2C=CC=c3c2c1c1cccc2cccc3c21. The Morgan fingerprint density at radius 3 is 2.48 bits per heavy atom. The van der Waals surface area contributed by atoms with Crippen molar-refractivity contribution >= 4 is 33.3 Å². The summed E-state index contributed by atoms with van der Waals surface area (Å²) < 4.78 is 2.23. The number of nitrogens with zero attached hydrogens (tertiary/aromatic N) is 1. The van der Waals surface area contributed by atoms with Crippen molar-refractivity contribution in [3.63, 3.8) is 0 Å². The van der Waals surface area contributed by atoms with Gasteiger partial charge in [-0.1, -0.05) is 60.7 Å². The second kappa shape index (κ2) is 4.42. The van der Waals surface area contributed by atoms with E-state index in [4.69, 9.17) is 0 Å². The first-order valence-electron chi connectivity index (χ1n) is 8.14. The molecule has 1 nitrogen and oxygen atoms in total. The summed E-state index contributed by atoms with van der Waals surface area (Å²) in [5, 5.41) is 6.86. The van der Waals surface area contributed by atoms with E-state index in [0.717, 1.165) is 0 Å². The van der Waals surface area contributed by atoms with Crippen LogP contribution in [0.15, 0.2) is 60.7 Å². The molecule has 0 N–H and O–H groups in total. The predicted octanol–water partition coefficient (Wildman–Crippen LogP) is 3.78. The van der Waals surface area contributed by atoms with Crippen LogP contribution >= 0.6 is 0 Å². The molecule has 2 aliphatic rings. The van der Waals surface area contributed by atoms with Crippen LogP contribution < -0.4 is 5.22 Å². The van der Waals surface area contributed by atoms with E-state index in [0.29, 0.717) is 5.92 Å². The molecule has 0 amide bonds. The predicted molar refractivity (Wildman–Crippen MR) is 98.4 cm³/mol. The lowest BCUT2D eigenvalue weighted by molar-refractivity contribution is -0.463. The van der Waals surface area contributed by atoms with Gasteiger partial charge < -0.3 is 0 Å². The quantitative estimate of drug-likeness (QED) is 0.555. The molecule has 0 aromatic heterocycles. The summed E-state index contributed by atoms with van der Waals surface area (Å²) in [5.74, 6) is 0.386. The molecule has 0 saturated carbocycles. The van der Waals surface area contributed by atoms with Crippen LogP contribution in [0, 0.1) is 0 Å². The number of allylic oxidation sites excluding steroid dienone is 4. The van der Waals surface area contributed by atoms with E-state index in [1.807, 2.05) is 0 Å². The lowest BCUT2D eigenvalue weighted by Gasteiger charge is -2.24. The molecule has 0 spiro atoms. The van der Waals surface area contributed by atoms with Crippen LogP contribution in [0.3, 0.4) is 0 Å². The highest BCUT2D eigenvalue weighted by atomic mass is 14.9. The van der Waals surface area contributed by atoms with E-state index in [-0.39, 0.29) is 0 Å². The van der Waals surface area contributed by atoms with Crippen molar-refractivity contribution in [3.05, 3.63) is 77.0 Å². The highest BCUT2D eigenvalue weighted by molar-refractivity contribution is 6.23. The molecule has 0 saturated heterocycles. The molecular formula is C22H18N+. The molecule has 3 aromatic carbocycles. The average molecular weight is 296 g/mol. The molecule has 3 aromatic rings. The topological polar surface area (TPSA) is 3.01 Å². The number of rotatable bonds is 0. The summed E-state index contributed by atoms with van der Waals surface area (Å²) >= 11 is 0. The summed E-state index contributed by atoms with van der Waals surface area (Å²) in [7, 11) is 4.27. The molecule has 23 heavy (non-hydrogen) atoms. The molecule has 0 bridgehead atoms. The molecule has 0 aliphatic heterocycles. The van der Waals surface area contributed by atoms with Gasteiger partial charge >= 0.3 is 0 Å². The molecule has 1 atom stereocenters. The van der Waals surface area contributed by atoms with Crippen molar-refractivity contribution in [2.24, 2.45) is 0 Å². The third-order valence-electron chi connectivity index (χ3n) is 5.14. The Morgan fingerprint density at radius 2 is 1.70 bits per heavy atom. The fourth-order valence-corrected chi connectivity index (χ4v) is 4.18. The molecule has 0 fully saturated rings.